The first kappa shape index (κ1) is 59.9. The van der Waals surface area contributed by atoms with Crippen molar-refractivity contribution in [3.05, 3.63) is 104 Å². The average molecular weight is 966 g/mol. The number of aliphatic imine (C=N–C) groups is 2. The fourth-order valence-electron chi connectivity index (χ4n) is 7.90. The summed E-state index contributed by atoms with van der Waals surface area (Å²) in [6, 6.07) is 16.7. The van der Waals surface area contributed by atoms with Gasteiger partial charge >= 0.3 is 28.8 Å². The Morgan fingerprint density at radius 2 is 0.746 bits per heavy atom. The Morgan fingerprint density at radius 1 is 0.463 bits per heavy atom. The molecule has 0 bridgehead atoms. The summed E-state index contributed by atoms with van der Waals surface area (Å²) < 4.78 is 9.53. The van der Waals surface area contributed by atoms with Crippen LogP contribution in [0.4, 0.5) is 21.0 Å². The molecule has 4 rings (SSSR count). The van der Waals surface area contributed by atoms with Crippen LogP contribution in [0.15, 0.2) is 58.5 Å². The van der Waals surface area contributed by atoms with Crippen LogP contribution in [0.5, 0.6) is 23.0 Å². The van der Waals surface area contributed by atoms with E-state index in [2.05, 4.69) is 91.8 Å². The predicted octanol–water partition coefficient (Wildman–Crippen LogP) is 15.8. The van der Waals surface area contributed by atoms with Gasteiger partial charge in [-0.05, 0) is 131 Å². The Labute approximate surface area is 412 Å². The van der Waals surface area contributed by atoms with Gasteiger partial charge in [0, 0.05) is 0 Å². The number of carboxylic acid groups (broad SMARTS) is 2. The van der Waals surface area contributed by atoms with Crippen molar-refractivity contribution in [1.29, 1.82) is 0 Å². The van der Waals surface area contributed by atoms with Crippen molar-refractivity contribution in [2.24, 2.45) is 9.98 Å². The van der Waals surface area contributed by atoms with Crippen LogP contribution in [0, 0.1) is 13.8 Å². The van der Waals surface area contributed by atoms with Crippen LogP contribution in [-0.4, -0.2) is 33.9 Å². The monoisotopic (exact) mass is 965 g/mol. The summed E-state index contributed by atoms with van der Waals surface area (Å²) in [4.78, 5) is 31.6. The zero-order valence-corrected chi connectivity index (χ0v) is 44.8. The molecule has 0 fully saturated rings. The molecule has 0 aliphatic carbocycles. The molecule has 0 radical (unpaired) electrons. The quantitative estimate of drug-likeness (QED) is 0.0579. The van der Waals surface area contributed by atoms with E-state index in [4.69, 9.17) is 29.7 Å². The molecule has 4 aromatic rings. The summed E-state index contributed by atoms with van der Waals surface area (Å²) in [6.45, 7) is 40.8. The van der Waals surface area contributed by atoms with Gasteiger partial charge in [-0.25, -0.2) is 9.59 Å². The second kappa shape index (κ2) is 26.4. The molecular formula is C56H78N2NiO8. The van der Waals surface area contributed by atoms with Crippen LogP contribution in [-0.2, 0) is 16.5 Å². The Kier molecular flexibility index (Phi) is 23.6. The minimum Gasteiger partial charge on any atom is -0.870 e. The van der Waals surface area contributed by atoms with E-state index in [1.54, 1.807) is 0 Å². The standard InChI is InChI=1S/C24H32N2.2C16H24O4.Ni/c1-15(2)21-13-10-14-22(16(3)4)24(21)26-20(8)19(7)25-23-17(5)11-9-12-18(23)6;2*1-8(2)11-7-12(9(3)4)15(20-16(18)19)14(17)13(11)10(5)6;/h9-16H,1-8H3;2*7-10,17H,1-6H3,(H,18,19);/q;;;+2/p-2. The van der Waals surface area contributed by atoms with E-state index in [0.29, 0.717) is 34.1 Å². The van der Waals surface area contributed by atoms with Crippen molar-refractivity contribution in [1.82, 2.24) is 0 Å². The van der Waals surface area contributed by atoms with Crippen LogP contribution in [0.25, 0.3) is 0 Å². The predicted molar refractivity (Wildman–Crippen MR) is 270 cm³/mol. The number of hydrogen-bond donors (Lipinski definition) is 2. The van der Waals surface area contributed by atoms with Gasteiger partial charge in [-0.1, -0.05) is 171 Å². The Morgan fingerprint density at radius 3 is 1.01 bits per heavy atom. The first-order valence-corrected chi connectivity index (χ1v) is 23.4. The molecule has 0 saturated carbocycles. The molecule has 0 aliphatic heterocycles. The van der Waals surface area contributed by atoms with Gasteiger partial charge in [0.25, 0.3) is 0 Å². The molecule has 0 aromatic heterocycles. The topological polar surface area (TPSA) is 164 Å². The molecule has 11 heteroatoms. The number of ether oxygens (including phenoxy) is 2. The molecule has 67 heavy (non-hydrogen) atoms. The summed E-state index contributed by atoms with van der Waals surface area (Å²) in [5.74, 6) is 0.719. The van der Waals surface area contributed by atoms with Crippen LogP contribution in [0.1, 0.15) is 228 Å². The maximum Gasteiger partial charge on any atom is 2.00 e. The van der Waals surface area contributed by atoms with Crippen molar-refractivity contribution in [3.8, 4) is 23.0 Å². The SMILES string of the molecule is CC(=Nc1c(C)cccc1C)C(C)=Nc1c(C(C)C)cccc1C(C)C.CC(C)c1cc(C(C)C)c(C(C)C)c([O-])c1OC(=O)O.CC(C)c1cc(C(C)C)c(C(C)C)c([O-])c1OC(=O)O.[Ni+2]. The average Bonchev–Trinajstić information content (AvgIpc) is 3.19. The van der Waals surface area contributed by atoms with Crippen LogP contribution < -0.4 is 19.7 Å². The normalized spacial score (nSPS) is 11.9. The number of carbonyl (C=O) groups is 2. The van der Waals surface area contributed by atoms with Crippen molar-refractivity contribution in [2.45, 2.75) is 186 Å². The molecule has 0 heterocycles. The van der Waals surface area contributed by atoms with Crippen molar-refractivity contribution in [2.75, 3.05) is 0 Å². The Hall–Kier alpha value is -5.15. The summed E-state index contributed by atoms with van der Waals surface area (Å²) in [5.41, 5.74) is 13.7. The summed E-state index contributed by atoms with van der Waals surface area (Å²) in [5, 5.41) is 42.9. The molecule has 0 amide bonds. The van der Waals surface area contributed by atoms with Gasteiger partial charge in [-0.2, -0.15) is 0 Å². The molecule has 4 aromatic carbocycles. The van der Waals surface area contributed by atoms with E-state index >= 15 is 0 Å². The fourth-order valence-corrected chi connectivity index (χ4v) is 7.90. The molecule has 10 nitrogen and oxygen atoms in total. The molecule has 2 N–H and O–H groups in total. The van der Waals surface area contributed by atoms with Crippen LogP contribution in [0.2, 0.25) is 0 Å². The molecule has 0 aliphatic rings. The van der Waals surface area contributed by atoms with Gasteiger partial charge in [-0.3, -0.25) is 9.98 Å². The number of rotatable bonds is 13. The number of aryl methyl sites for hydroxylation is 2. The minimum atomic E-state index is -1.45. The smallest absolute Gasteiger partial charge is 0.870 e. The van der Waals surface area contributed by atoms with Gasteiger partial charge < -0.3 is 29.9 Å². The minimum absolute atomic E-state index is 0. The van der Waals surface area contributed by atoms with Gasteiger partial charge in [-0.15, -0.1) is 0 Å². The van der Waals surface area contributed by atoms with E-state index in [1.807, 2.05) is 95.2 Å². The number of benzene rings is 4. The number of nitrogens with zero attached hydrogens (tertiary/aromatic N) is 2. The van der Waals surface area contributed by atoms with E-state index in [0.717, 1.165) is 33.9 Å². The number of hydrogen-bond acceptors (Lipinski definition) is 8. The summed E-state index contributed by atoms with van der Waals surface area (Å²) in [7, 11) is 0. The van der Waals surface area contributed by atoms with Crippen molar-refractivity contribution in [3.63, 3.8) is 0 Å². The Balaban J connectivity index is 0.000000506. The Bertz CT molecular complexity index is 2230. The van der Waals surface area contributed by atoms with Crippen LogP contribution in [0.3, 0.4) is 0 Å². The molecular weight excluding hydrogens is 887 g/mol. The molecule has 0 saturated heterocycles. The van der Waals surface area contributed by atoms with Crippen molar-refractivity contribution >= 4 is 35.1 Å². The maximum absolute atomic E-state index is 12.6. The summed E-state index contributed by atoms with van der Waals surface area (Å²) in [6.07, 6.45) is -2.90. The first-order valence-electron chi connectivity index (χ1n) is 23.4. The number of para-hydroxylation sites is 2. The second-order valence-corrected chi connectivity index (χ2v) is 19.6. The van der Waals surface area contributed by atoms with Crippen LogP contribution >= 0.6 is 0 Å². The molecule has 0 atom stereocenters. The zero-order valence-electron chi connectivity index (χ0n) is 43.8. The van der Waals surface area contributed by atoms with Gasteiger partial charge in [0.15, 0.2) is 0 Å². The molecule has 0 unspecified atom stereocenters. The van der Waals surface area contributed by atoms with E-state index < -0.39 is 12.3 Å². The van der Waals surface area contributed by atoms with E-state index in [-0.39, 0.29) is 75.0 Å². The zero-order chi connectivity index (χ0) is 50.7. The van der Waals surface area contributed by atoms with E-state index in [9.17, 15) is 19.8 Å². The van der Waals surface area contributed by atoms with Gasteiger partial charge in [0.05, 0.1) is 22.8 Å². The second-order valence-electron chi connectivity index (χ2n) is 19.6. The summed E-state index contributed by atoms with van der Waals surface area (Å²) >= 11 is 0. The van der Waals surface area contributed by atoms with Gasteiger partial charge in [0.2, 0.25) is 0 Å². The largest absolute Gasteiger partial charge is 2.00 e. The van der Waals surface area contributed by atoms with Crippen molar-refractivity contribution < 1.29 is 56.0 Å². The third-order valence-electron chi connectivity index (χ3n) is 11.6. The van der Waals surface area contributed by atoms with Gasteiger partial charge in [0.1, 0.15) is 11.5 Å². The molecule has 0 spiro atoms. The fraction of sp³-hybridized carbons (Fsp3) is 0.500. The van der Waals surface area contributed by atoms with E-state index in [1.165, 1.54) is 22.3 Å². The third-order valence-corrected chi connectivity index (χ3v) is 11.6. The first-order chi connectivity index (χ1) is 30.5. The molecule has 370 valence electrons. The maximum atomic E-state index is 12.6. The third kappa shape index (κ3) is 16.0.